The summed E-state index contributed by atoms with van der Waals surface area (Å²) >= 11 is 0. The Kier molecular flexibility index (Phi) is 6.37. The average Bonchev–Trinajstić information content (AvgIpc) is 3.24. The molecule has 8 nitrogen and oxygen atoms in total. The first-order valence-corrected chi connectivity index (χ1v) is 11.4. The van der Waals surface area contributed by atoms with E-state index in [4.69, 9.17) is 15.2 Å². The van der Waals surface area contributed by atoms with Gasteiger partial charge in [0.25, 0.3) is 6.43 Å². The van der Waals surface area contributed by atoms with Gasteiger partial charge in [-0.15, -0.1) is 0 Å². The molecule has 33 heavy (non-hydrogen) atoms. The Balaban J connectivity index is 1.52. The standard InChI is InChI=1S/C23H28F2N6O2/c24-21(25)22-27-17-3-1-2-4-18(17)31(22)19-13-20(33-14-15-5-7-16(26)8-6-15)29-23(28-19)30-9-11-32-12-10-30/h1-4,13,15-16,21H,5-12,14,26H2. The summed E-state index contributed by atoms with van der Waals surface area (Å²) < 4.78 is 40.8. The summed E-state index contributed by atoms with van der Waals surface area (Å²) in [5.74, 6) is 1.18. The zero-order valence-electron chi connectivity index (χ0n) is 18.4. The summed E-state index contributed by atoms with van der Waals surface area (Å²) in [7, 11) is 0. The predicted octanol–water partition coefficient (Wildman–Crippen LogP) is 3.49. The van der Waals surface area contributed by atoms with E-state index >= 15 is 0 Å². The number of aromatic nitrogens is 4. The van der Waals surface area contributed by atoms with E-state index in [-0.39, 0.29) is 11.9 Å². The van der Waals surface area contributed by atoms with Crippen LogP contribution in [-0.4, -0.2) is 58.5 Å². The molecule has 0 radical (unpaired) electrons. The minimum absolute atomic E-state index is 0.266. The van der Waals surface area contributed by atoms with Crippen molar-refractivity contribution in [3.63, 3.8) is 0 Å². The third-order valence-corrected chi connectivity index (χ3v) is 6.34. The molecule has 1 saturated carbocycles. The number of alkyl halides is 2. The lowest BCUT2D eigenvalue weighted by molar-refractivity contribution is 0.122. The number of para-hydroxylation sites is 2. The number of ether oxygens (including phenoxy) is 2. The van der Waals surface area contributed by atoms with Crippen molar-refractivity contribution in [2.45, 2.75) is 38.2 Å². The summed E-state index contributed by atoms with van der Waals surface area (Å²) in [5, 5.41) is 0. The van der Waals surface area contributed by atoms with Gasteiger partial charge in [-0.3, -0.25) is 4.57 Å². The molecule has 1 saturated heterocycles. The third kappa shape index (κ3) is 4.77. The molecule has 0 atom stereocenters. The van der Waals surface area contributed by atoms with Crippen LogP contribution in [0.1, 0.15) is 37.9 Å². The molecular weight excluding hydrogens is 430 g/mol. The van der Waals surface area contributed by atoms with Gasteiger partial charge in [0.1, 0.15) is 5.82 Å². The van der Waals surface area contributed by atoms with E-state index in [9.17, 15) is 8.78 Å². The van der Waals surface area contributed by atoms with Crippen LogP contribution in [0.4, 0.5) is 14.7 Å². The SMILES string of the molecule is NC1CCC(COc2cc(-n3c(C(F)F)nc4ccccc43)nc(N3CCOCC3)n2)CC1. The van der Waals surface area contributed by atoms with Gasteiger partial charge in [-0.25, -0.2) is 13.8 Å². The predicted molar refractivity (Wildman–Crippen MR) is 120 cm³/mol. The minimum Gasteiger partial charge on any atom is -0.477 e. The zero-order chi connectivity index (χ0) is 22.8. The van der Waals surface area contributed by atoms with Crippen molar-refractivity contribution in [2.75, 3.05) is 37.8 Å². The molecule has 176 valence electrons. The maximum Gasteiger partial charge on any atom is 0.296 e. The molecule has 2 aromatic heterocycles. The highest BCUT2D eigenvalue weighted by Gasteiger charge is 2.24. The van der Waals surface area contributed by atoms with E-state index in [1.165, 1.54) is 4.57 Å². The topological polar surface area (TPSA) is 91.3 Å². The summed E-state index contributed by atoms with van der Waals surface area (Å²) in [6.45, 7) is 2.87. The Hall–Kier alpha value is -2.85. The smallest absolute Gasteiger partial charge is 0.296 e. The molecule has 0 amide bonds. The fraction of sp³-hybridized carbons (Fsp3) is 0.522. The lowest BCUT2D eigenvalue weighted by atomic mass is 9.87. The zero-order valence-corrected chi connectivity index (χ0v) is 18.4. The van der Waals surface area contributed by atoms with E-state index in [1.807, 2.05) is 4.90 Å². The van der Waals surface area contributed by atoms with Gasteiger partial charge < -0.3 is 20.1 Å². The van der Waals surface area contributed by atoms with Gasteiger partial charge >= 0.3 is 0 Å². The number of imidazole rings is 1. The highest BCUT2D eigenvalue weighted by molar-refractivity contribution is 5.78. The summed E-state index contributed by atoms with van der Waals surface area (Å²) in [4.78, 5) is 15.4. The van der Waals surface area contributed by atoms with E-state index in [1.54, 1.807) is 30.3 Å². The summed E-state index contributed by atoms with van der Waals surface area (Å²) in [6, 6.07) is 8.94. The van der Waals surface area contributed by atoms with Gasteiger partial charge in [-0.05, 0) is 43.7 Å². The fourth-order valence-corrected chi connectivity index (χ4v) is 4.48. The van der Waals surface area contributed by atoms with Gasteiger partial charge in [0.15, 0.2) is 5.82 Å². The van der Waals surface area contributed by atoms with Crippen molar-refractivity contribution in [1.82, 2.24) is 19.5 Å². The molecule has 5 rings (SSSR count). The Morgan fingerprint density at radius 3 is 2.58 bits per heavy atom. The lowest BCUT2D eigenvalue weighted by Gasteiger charge is -2.28. The molecule has 0 bridgehead atoms. The minimum atomic E-state index is -2.75. The second-order valence-electron chi connectivity index (χ2n) is 8.65. The van der Waals surface area contributed by atoms with Crippen molar-refractivity contribution in [2.24, 2.45) is 11.7 Å². The van der Waals surface area contributed by atoms with Crippen molar-refractivity contribution >= 4 is 17.0 Å². The van der Waals surface area contributed by atoms with E-state index in [2.05, 4.69) is 15.0 Å². The van der Waals surface area contributed by atoms with Crippen LogP contribution in [-0.2, 0) is 4.74 Å². The molecule has 1 aliphatic carbocycles. The summed E-state index contributed by atoms with van der Waals surface area (Å²) in [5.41, 5.74) is 7.07. The van der Waals surface area contributed by atoms with Crippen molar-refractivity contribution in [1.29, 1.82) is 0 Å². The monoisotopic (exact) mass is 458 g/mol. The lowest BCUT2D eigenvalue weighted by Crippen LogP contribution is -2.37. The van der Waals surface area contributed by atoms with Crippen LogP contribution in [0.3, 0.4) is 0 Å². The van der Waals surface area contributed by atoms with Gasteiger partial charge in [0, 0.05) is 25.2 Å². The number of fused-ring (bicyclic) bond motifs is 1. The molecule has 0 spiro atoms. The number of benzene rings is 1. The van der Waals surface area contributed by atoms with Crippen molar-refractivity contribution < 1.29 is 18.3 Å². The quantitative estimate of drug-likeness (QED) is 0.605. The van der Waals surface area contributed by atoms with E-state index < -0.39 is 6.43 Å². The molecule has 2 N–H and O–H groups in total. The number of anilines is 1. The first-order chi connectivity index (χ1) is 16.1. The second kappa shape index (κ2) is 9.56. The number of morpholine rings is 1. The third-order valence-electron chi connectivity index (χ3n) is 6.34. The Labute approximate surface area is 190 Å². The van der Waals surface area contributed by atoms with Crippen molar-refractivity contribution in [3.05, 3.63) is 36.2 Å². The number of hydrogen-bond acceptors (Lipinski definition) is 7. The first kappa shape index (κ1) is 22.0. The van der Waals surface area contributed by atoms with Crippen LogP contribution in [0.15, 0.2) is 30.3 Å². The molecule has 1 aliphatic heterocycles. The van der Waals surface area contributed by atoms with Gasteiger partial charge in [0.2, 0.25) is 11.8 Å². The molecular formula is C23H28F2N6O2. The fourth-order valence-electron chi connectivity index (χ4n) is 4.48. The molecule has 2 aliphatic rings. The number of halogens is 2. The maximum absolute atomic E-state index is 13.9. The number of nitrogens with two attached hydrogens (primary N) is 1. The first-order valence-electron chi connectivity index (χ1n) is 11.4. The van der Waals surface area contributed by atoms with Crippen LogP contribution < -0.4 is 15.4 Å². The highest BCUT2D eigenvalue weighted by atomic mass is 19.3. The number of rotatable bonds is 6. The maximum atomic E-state index is 13.9. The second-order valence-corrected chi connectivity index (χ2v) is 8.65. The number of nitrogens with zero attached hydrogens (tertiary/aromatic N) is 5. The molecule has 3 aromatic rings. The summed E-state index contributed by atoms with van der Waals surface area (Å²) in [6.07, 6.45) is 1.24. The van der Waals surface area contributed by atoms with Gasteiger partial charge in [-0.2, -0.15) is 9.97 Å². The van der Waals surface area contributed by atoms with Crippen LogP contribution >= 0.6 is 0 Å². The Morgan fingerprint density at radius 1 is 1.06 bits per heavy atom. The van der Waals surface area contributed by atoms with Crippen molar-refractivity contribution in [3.8, 4) is 11.7 Å². The van der Waals surface area contributed by atoms with Gasteiger partial charge in [-0.1, -0.05) is 12.1 Å². The molecule has 10 heteroatoms. The van der Waals surface area contributed by atoms with E-state index in [0.717, 1.165) is 25.7 Å². The highest BCUT2D eigenvalue weighted by Crippen LogP contribution is 2.30. The Bertz CT molecular complexity index is 1090. The van der Waals surface area contributed by atoms with Crippen LogP contribution in [0.2, 0.25) is 0 Å². The van der Waals surface area contributed by atoms with E-state index in [0.29, 0.717) is 67.5 Å². The average molecular weight is 459 g/mol. The molecule has 2 fully saturated rings. The molecule has 1 aromatic carbocycles. The van der Waals surface area contributed by atoms with Crippen LogP contribution in [0, 0.1) is 5.92 Å². The van der Waals surface area contributed by atoms with Crippen LogP contribution in [0.5, 0.6) is 5.88 Å². The largest absolute Gasteiger partial charge is 0.477 e. The Morgan fingerprint density at radius 2 is 1.82 bits per heavy atom. The van der Waals surface area contributed by atoms with Crippen LogP contribution in [0.25, 0.3) is 16.9 Å². The number of hydrogen-bond donors (Lipinski definition) is 1. The molecule has 3 heterocycles. The molecule has 0 unspecified atom stereocenters. The van der Waals surface area contributed by atoms with Gasteiger partial charge in [0.05, 0.1) is 30.9 Å². The normalized spacial score (nSPS) is 21.6.